The SMILES string of the molecule is Cc1sc(N)nc1-c1nccc(N2CCCCC2)n1. The molecule has 2 N–H and O–H groups in total. The van der Waals surface area contributed by atoms with Gasteiger partial charge in [-0.15, -0.1) is 11.3 Å². The van der Waals surface area contributed by atoms with Crippen LogP contribution in [0.4, 0.5) is 10.9 Å². The fraction of sp³-hybridized carbons (Fsp3) is 0.462. The van der Waals surface area contributed by atoms with Crippen LogP contribution in [-0.2, 0) is 0 Å². The molecule has 1 saturated heterocycles. The van der Waals surface area contributed by atoms with Gasteiger partial charge in [-0.3, -0.25) is 0 Å². The minimum atomic E-state index is 0.569. The van der Waals surface area contributed by atoms with Crippen LogP contribution in [0, 0.1) is 6.92 Å². The molecule has 0 unspecified atom stereocenters. The Balaban J connectivity index is 1.93. The van der Waals surface area contributed by atoms with E-state index >= 15 is 0 Å². The van der Waals surface area contributed by atoms with Crippen LogP contribution < -0.4 is 10.6 Å². The first kappa shape index (κ1) is 12.3. The van der Waals surface area contributed by atoms with Crippen LogP contribution in [0.25, 0.3) is 11.5 Å². The molecule has 0 spiro atoms. The smallest absolute Gasteiger partial charge is 0.181 e. The number of thiazole rings is 1. The van der Waals surface area contributed by atoms with Crippen molar-refractivity contribution in [3.8, 4) is 11.5 Å². The van der Waals surface area contributed by atoms with Crippen molar-refractivity contribution in [3.05, 3.63) is 17.1 Å². The summed E-state index contributed by atoms with van der Waals surface area (Å²) in [6, 6.07) is 1.97. The number of aromatic nitrogens is 3. The number of rotatable bonds is 2. The van der Waals surface area contributed by atoms with E-state index in [1.54, 1.807) is 6.20 Å². The molecule has 0 atom stereocenters. The lowest BCUT2D eigenvalue weighted by Gasteiger charge is -2.27. The fourth-order valence-electron chi connectivity index (χ4n) is 2.39. The summed E-state index contributed by atoms with van der Waals surface area (Å²) in [4.78, 5) is 16.7. The second-order valence-electron chi connectivity index (χ2n) is 4.74. The molecule has 0 radical (unpaired) electrons. The van der Waals surface area contributed by atoms with Gasteiger partial charge in [-0.1, -0.05) is 0 Å². The van der Waals surface area contributed by atoms with Crippen molar-refractivity contribution in [3.63, 3.8) is 0 Å². The largest absolute Gasteiger partial charge is 0.375 e. The van der Waals surface area contributed by atoms with Crippen molar-refractivity contribution in [2.45, 2.75) is 26.2 Å². The minimum absolute atomic E-state index is 0.569. The second kappa shape index (κ2) is 5.13. The van der Waals surface area contributed by atoms with Crippen LogP contribution in [-0.4, -0.2) is 28.0 Å². The van der Waals surface area contributed by atoms with Crippen LogP contribution in [0.5, 0.6) is 0 Å². The van der Waals surface area contributed by atoms with Crippen molar-refractivity contribution in [1.29, 1.82) is 0 Å². The predicted molar refractivity (Wildman–Crippen MR) is 78.4 cm³/mol. The topological polar surface area (TPSA) is 67.9 Å². The molecule has 19 heavy (non-hydrogen) atoms. The number of hydrogen-bond acceptors (Lipinski definition) is 6. The van der Waals surface area contributed by atoms with Crippen molar-refractivity contribution < 1.29 is 0 Å². The highest BCUT2D eigenvalue weighted by atomic mass is 32.1. The Bertz CT molecular complexity index is 574. The van der Waals surface area contributed by atoms with Gasteiger partial charge in [-0.25, -0.2) is 15.0 Å². The van der Waals surface area contributed by atoms with Crippen molar-refractivity contribution >= 4 is 22.3 Å². The molecule has 1 aliphatic rings. The van der Waals surface area contributed by atoms with Crippen molar-refractivity contribution in [1.82, 2.24) is 15.0 Å². The van der Waals surface area contributed by atoms with E-state index in [9.17, 15) is 0 Å². The summed E-state index contributed by atoms with van der Waals surface area (Å²) in [7, 11) is 0. The molecule has 1 fully saturated rings. The zero-order valence-corrected chi connectivity index (χ0v) is 11.8. The maximum atomic E-state index is 5.74. The molecule has 2 aromatic rings. The molecule has 0 aliphatic carbocycles. The van der Waals surface area contributed by atoms with Gasteiger partial charge in [0.1, 0.15) is 11.5 Å². The van der Waals surface area contributed by atoms with Crippen LogP contribution in [0.15, 0.2) is 12.3 Å². The van der Waals surface area contributed by atoms with Crippen LogP contribution in [0.1, 0.15) is 24.1 Å². The lowest BCUT2D eigenvalue weighted by atomic mass is 10.1. The number of hydrogen-bond donors (Lipinski definition) is 1. The number of nitrogens with two attached hydrogens (primary N) is 1. The molecule has 0 saturated carbocycles. The van der Waals surface area contributed by atoms with Gasteiger partial charge in [-0.05, 0) is 32.3 Å². The molecule has 1 aliphatic heterocycles. The van der Waals surface area contributed by atoms with E-state index in [0.29, 0.717) is 11.0 Å². The van der Waals surface area contributed by atoms with E-state index in [1.807, 2.05) is 13.0 Å². The molecular weight excluding hydrogens is 258 g/mol. The summed E-state index contributed by atoms with van der Waals surface area (Å²) in [5.74, 6) is 1.67. The van der Waals surface area contributed by atoms with Crippen molar-refractivity contribution in [2.75, 3.05) is 23.7 Å². The normalized spacial score (nSPS) is 15.7. The second-order valence-corrected chi connectivity index (χ2v) is 5.98. The lowest BCUT2D eigenvalue weighted by Crippen LogP contribution is -2.30. The van der Waals surface area contributed by atoms with E-state index in [1.165, 1.54) is 30.6 Å². The maximum absolute atomic E-state index is 5.74. The summed E-state index contributed by atoms with van der Waals surface area (Å²) in [6.45, 7) is 4.16. The monoisotopic (exact) mass is 275 g/mol. The van der Waals surface area contributed by atoms with Gasteiger partial charge < -0.3 is 10.6 Å². The van der Waals surface area contributed by atoms with Gasteiger partial charge in [0, 0.05) is 24.2 Å². The maximum Gasteiger partial charge on any atom is 0.181 e. The van der Waals surface area contributed by atoms with Crippen LogP contribution in [0.2, 0.25) is 0 Å². The first-order valence-corrected chi connectivity index (χ1v) is 7.37. The highest BCUT2D eigenvalue weighted by Gasteiger charge is 2.15. The zero-order chi connectivity index (χ0) is 13.2. The fourth-order valence-corrected chi connectivity index (χ4v) is 3.07. The van der Waals surface area contributed by atoms with Gasteiger partial charge in [0.25, 0.3) is 0 Å². The van der Waals surface area contributed by atoms with Gasteiger partial charge in [0.2, 0.25) is 0 Å². The summed E-state index contributed by atoms with van der Waals surface area (Å²) >= 11 is 1.48. The van der Waals surface area contributed by atoms with Gasteiger partial charge in [0.05, 0.1) is 0 Å². The third-order valence-corrected chi connectivity index (χ3v) is 4.15. The average Bonchev–Trinajstić information content (AvgIpc) is 2.79. The quantitative estimate of drug-likeness (QED) is 0.912. The summed E-state index contributed by atoms with van der Waals surface area (Å²) in [5, 5.41) is 0.569. The Labute approximate surface area is 116 Å². The molecular formula is C13H17N5S. The van der Waals surface area contributed by atoms with Gasteiger partial charge in [0.15, 0.2) is 11.0 Å². The van der Waals surface area contributed by atoms with Crippen LogP contribution in [0.3, 0.4) is 0 Å². The summed E-state index contributed by atoms with van der Waals surface area (Å²) in [5.41, 5.74) is 6.55. The molecule has 6 heteroatoms. The van der Waals surface area contributed by atoms with Gasteiger partial charge in [-0.2, -0.15) is 0 Å². The molecule has 3 rings (SSSR count). The van der Waals surface area contributed by atoms with E-state index < -0.39 is 0 Å². The lowest BCUT2D eigenvalue weighted by molar-refractivity contribution is 0.573. The Morgan fingerprint density at radius 1 is 1.21 bits per heavy atom. The number of nitrogen functional groups attached to an aromatic ring is 1. The van der Waals surface area contributed by atoms with E-state index in [2.05, 4.69) is 19.9 Å². The third-order valence-electron chi connectivity index (χ3n) is 3.35. The molecule has 0 bridgehead atoms. The first-order chi connectivity index (χ1) is 9.24. The molecule has 0 aromatic carbocycles. The Hall–Kier alpha value is -1.69. The molecule has 3 heterocycles. The summed E-state index contributed by atoms with van der Waals surface area (Å²) in [6.07, 6.45) is 5.60. The van der Waals surface area contributed by atoms with Crippen molar-refractivity contribution in [2.24, 2.45) is 0 Å². The minimum Gasteiger partial charge on any atom is -0.375 e. The number of anilines is 2. The highest BCUT2D eigenvalue weighted by molar-refractivity contribution is 7.15. The third kappa shape index (κ3) is 2.53. The summed E-state index contributed by atoms with van der Waals surface area (Å²) < 4.78 is 0. The predicted octanol–water partition coefficient (Wildman–Crippen LogP) is 2.48. The molecule has 0 amide bonds. The van der Waals surface area contributed by atoms with E-state index in [-0.39, 0.29) is 0 Å². The van der Waals surface area contributed by atoms with E-state index in [0.717, 1.165) is 29.5 Å². The average molecular weight is 275 g/mol. The van der Waals surface area contributed by atoms with Gasteiger partial charge >= 0.3 is 0 Å². The first-order valence-electron chi connectivity index (χ1n) is 6.55. The molecule has 5 nitrogen and oxygen atoms in total. The Morgan fingerprint density at radius 3 is 2.68 bits per heavy atom. The Kier molecular flexibility index (Phi) is 3.33. The van der Waals surface area contributed by atoms with Crippen LogP contribution >= 0.6 is 11.3 Å². The number of piperidine rings is 1. The number of nitrogens with zero attached hydrogens (tertiary/aromatic N) is 4. The molecule has 100 valence electrons. The van der Waals surface area contributed by atoms with E-state index in [4.69, 9.17) is 5.73 Å². The zero-order valence-electron chi connectivity index (χ0n) is 11.0. The molecule has 2 aromatic heterocycles. The standard InChI is InChI=1S/C13H17N5S/c1-9-11(17-13(14)19-9)12-15-6-5-10(16-12)18-7-3-2-4-8-18/h5-6H,2-4,7-8H2,1H3,(H2,14,17). The highest BCUT2D eigenvalue weighted by Crippen LogP contribution is 2.27. The Morgan fingerprint density at radius 2 is 2.00 bits per heavy atom. The number of aryl methyl sites for hydroxylation is 1.